The molecular weight excluding hydrogens is 325 g/mol. The second kappa shape index (κ2) is 5.45. The molecule has 2 aromatic rings. The standard InChI is InChI=1S/C11H7BrFNO3S/c12-8-3-4-18-11(8)6-17-10-5-7(13)1-2-9(10)14(15)16/h1-5H,6H2. The number of nitro benzene ring substituents is 1. The minimum absolute atomic E-state index is 0.0692. The molecule has 0 N–H and O–H groups in total. The Morgan fingerprint density at radius 1 is 1.44 bits per heavy atom. The van der Waals surface area contributed by atoms with E-state index in [1.165, 1.54) is 11.3 Å². The van der Waals surface area contributed by atoms with Gasteiger partial charge in [0.25, 0.3) is 0 Å². The van der Waals surface area contributed by atoms with Crippen LogP contribution in [0.25, 0.3) is 0 Å². The molecule has 18 heavy (non-hydrogen) atoms. The summed E-state index contributed by atoms with van der Waals surface area (Å²) in [6.07, 6.45) is 0. The first-order chi connectivity index (χ1) is 8.58. The highest BCUT2D eigenvalue weighted by Crippen LogP contribution is 2.30. The normalized spacial score (nSPS) is 10.3. The van der Waals surface area contributed by atoms with Crippen molar-refractivity contribution in [3.63, 3.8) is 0 Å². The number of nitro groups is 1. The Labute approximate surface area is 114 Å². The Bertz CT molecular complexity index is 587. The third kappa shape index (κ3) is 2.85. The molecule has 0 aliphatic heterocycles. The fourth-order valence-corrected chi connectivity index (χ4v) is 2.70. The maximum Gasteiger partial charge on any atom is 0.311 e. The van der Waals surface area contributed by atoms with Crippen LogP contribution in [0.1, 0.15) is 4.88 Å². The van der Waals surface area contributed by atoms with Gasteiger partial charge in [0.05, 0.1) is 9.80 Å². The second-order valence-corrected chi connectivity index (χ2v) is 5.20. The molecule has 0 amide bonds. The van der Waals surface area contributed by atoms with Crippen molar-refractivity contribution in [1.29, 1.82) is 0 Å². The van der Waals surface area contributed by atoms with Crippen molar-refractivity contribution in [2.24, 2.45) is 0 Å². The largest absolute Gasteiger partial charge is 0.481 e. The Hall–Kier alpha value is -1.47. The maximum absolute atomic E-state index is 13.0. The number of halogens is 2. The first-order valence-electron chi connectivity index (χ1n) is 4.86. The molecule has 0 fully saturated rings. The van der Waals surface area contributed by atoms with Crippen LogP contribution < -0.4 is 4.74 Å². The predicted octanol–water partition coefficient (Wildman–Crippen LogP) is 4.14. The first-order valence-corrected chi connectivity index (χ1v) is 6.54. The zero-order chi connectivity index (χ0) is 13.1. The van der Waals surface area contributed by atoms with Crippen LogP contribution in [0.3, 0.4) is 0 Å². The third-order valence-corrected chi connectivity index (χ3v) is 4.07. The lowest BCUT2D eigenvalue weighted by Gasteiger charge is -2.06. The molecule has 0 radical (unpaired) electrons. The highest BCUT2D eigenvalue weighted by molar-refractivity contribution is 9.10. The van der Waals surface area contributed by atoms with E-state index in [0.717, 1.165) is 27.5 Å². The summed E-state index contributed by atoms with van der Waals surface area (Å²) in [5, 5.41) is 12.6. The summed E-state index contributed by atoms with van der Waals surface area (Å²) in [5.74, 6) is -0.638. The Balaban J connectivity index is 2.20. The second-order valence-electron chi connectivity index (χ2n) is 3.35. The van der Waals surface area contributed by atoms with E-state index in [0.29, 0.717) is 0 Å². The van der Waals surface area contributed by atoms with Crippen molar-refractivity contribution in [3.05, 3.63) is 54.9 Å². The van der Waals surface area contributed by atoms with Gasteiger partial charge in [0.2, 0.25) is 0 Å². The number of ether oxygens (including phenoxy) is 1. The number of rotatable bonds is 4. The Morgan fingerprint density at radius 2 is 2.22 bits per heavy atom. The summed E-state index contributed by atoms with van der Waals surface area (Å²) in [4.78, 5) is 11.0. The molecule has 2 rings (SSSR count). The van der Waals surface area contributed by atoms with Gasteiger partial charge in [0, 0.05) is 16.6 Å². The predicted molar refractivity (Wildman–Crippen MR) is 69.4 cm³/mol. The summed E-state index contributed by atoms with van der Waals surface area (Å²) in [6.45, 7) is 0.155. The van der Waals surface area contributed by atoms with Crippen LogP contribution in [-0.2, 0) is 6.61 Å². The van der Waals surface area contributed by atoms with Crippen LogP contribution in [0.4, 0.5) is 10.1 Å². The van der Waals surface area contributed by atoms with Gasteiger partial charge in [-0.15, -0.1) is 11.3 Å². The van der Waals surface area contributed by atoms with Gasteiger partial charge in [0.1, 0.15) is 12.4 Å². The van der Waals surface area contributed by atoms with Gasteiger partial charge < -0.3 is 4.74 Å². The molecular formula is C11H7BrFNO3S. The molecule has 0 saturated carbocycles. The highest BCUT2D eigenvalue weighted by atomic mass is 79.9. The van der Waals surface area contributed by atoms with E-state index in [1.54, 1.807) is 0 Å². The quantitative estimate of drug-likeness (QED) is 0.625. The van der Waals surface area contributed by atoms with Gasteiger partial charge in [0.15, 0.2) is 5.75 Å². The van der Waals surface area contributed by atoms with Crippen molar-refractivity contribution in [2.45, 2.75) is 6.61 Å². The number of thiophene rings is 1. The van der Waals surface area contributed by atoms with Gasteiger partial charge in [-0.2, -0.15) is 0 Å². The van der Waals surface area contributed by atoms with Crippen molar-refractivity contribution < 1.29 is 14.1 Å². The fraction of sp³-hybridized carbons (Fsp3) is 0.0909. The molecule has 0 spiro atoms. The molecule has 0 aliphatic rings. The summed E-state index contributed by atoms with van der Waals surface area (Å²) < 4.78 is 19.2. The molecule has 94 valence electrons. The highest BCUT2D eigenvalue weighted by Gasteiger charge is 2.16. The minimum atomic E-state index is -0.599. The van der Waals surface area contributed by atoms with Gasteiger partial charge >= 0.3 is 5.69 Å². The lowest BCUT2D eigenvalue weighted by molar-refractivity contribution is -0.386. The monoisotopic (exact) mass is 331 g/mol. The SMILES string of the molecule is O=[N+]([O-])c1ccc(F)cc1OCc1sccc1Br. The van der Waals surface area contributed by atoms with E-state index >= 15 is 0 Å². The topological polar surface area (TPSA) is 52.4 Å². The van der Waals surface area contributed by atoms with E-state index in [9.17, 15) is 14.5 Å². The average molecular weight is 332 g/mol. The molecule has 4 nitrogen and oxygen atoms in total. The van der Waals surface area contributed by atoms with Gasteiger partial charge in [-0.05, 0) is 33.4 Å². The molecule has 0 saturated heterocycles. The minimum Gasteiger partial charge on any atom is -0.481 e. The number of benzene rings is 1. The average Bonchev–Trinajstić information content (AvgIpc) is 2.72. The molecule has 1 aromatic heterocycles. The Kier molecular flexibility index (Phi) is 3.93. The fourth-order valence-electron chi connectivity index (χ4n) is 1.33. The third-order valence-electron chi connectivity index (χ3n) is 2.17. The molecule has 0 unspecified atom stereocenters. The Morgan fingerprint density at radius 3 is 2.83 bits per heavy atom. The van der Waals surface area contributed by atoms with Crippen molar-refractivity contribution in [3.8, 4) is 5.75 Å². The maximum atomic E-state index is 13.0. The van der Waals surface area contributed by atoms with E-state index in [2.05, 4.69) is 15.9 Å². The van der Waals surface area contributed by atoms with Crippen LogP contribution in [0, 0.1) is 15.9 Å². The molecule has 0 bridgehead atoms. The zero-order valence-corrected chi connectivity index (χ0v) is 11.3. The summed E-state index contributed by atoms with van der Waals surface area (Å²) in [6, 6.07) is 4.99. The molecule has 0 atom stereocenters. The summed E-state index contributed by atoms with van der Waals surface area (Å²) in [5.41, 5.74) is -0.246. The zero-order valence-electron chi connectivity index (χ0n) is 8.93. The van der Waals surface area contributed by atoms with Crippen molar-refractivity contribution in [1.82, 2.24) is 0 Å². The van der Waals surface area contributed by atoms with Crippen molar-refractivity contribution >= 4 is 33.0 Å². The molecule has 1 heterocycles. The van der Waals surface area contributed by atoms with E-state index in [1.807, 2.05) is 11.4 Å². The molecule has 7 heteroatoms. The van der Waals surface area contributed by atoms with Crippen LogP contribution in [-0.4, -0.2) is 4.92 Å². The van der Waals surface area contributed by atoms with Gasteiger partial charge in [-0.3, -0.25) is 10.1 Å². The summed E-state index contributed by atoms with van der Waals surface area (Å²) >= 11 is 4.78. The van der Waals surface area contributed by atoms with E-state index in [-0.39, 0.29) is 18.0 Å². The van der Waals surface area contributed by atoms with Crippen LogP contribution >= 0.6 is 27.3 Å². The van der Waals surface area contributed by atoms with Crippen LogP contribution in [0.5, 0.6) is 5.75 Å². The smallest absolute Gasteiger partial charge is 0.311 e. The van der Waals surface area contributed by atoms with Crippen molar-refractivity contribution in [2.75, 3.05) is 0 Å². The van der Waals surface area contributed by atoms with E-state index in [4.69, 9.17) is 4.74 Å². The number of hydrogen-bond acceptors (Lipinski definition) is 4. The lowest BCUT2D eigenvalue weighted by Crippen LogP contribution is -1.98. The summed E-state index contributed by atoms with van der Waals surface area (Å²) in [7, 11) is 0. The molecule has 1 aromatic carbocycles. The van der Waals surface area contributed by atoms with E-state index < -0.39 is 10.7 Å². The molecule has 0 aliphatic carbocycles. The number of nitrogens with zero attached hydrogens (tertiary/aromatic N) is 1. The van der Waals surface area contributed by atoms with Crippen LogP contribution in [0.2, 0.25) is 0 Å². The lowest BCUT2D eigenvalue weighted by atomic mass is 10.3. The van der Waals surface area contributed by atoms with Crippen LogP contribution in [0.15, 0.2) is 34.1 Å². The van der Waals surface area contributed by atoms with Gasteiger partial charge in [-0.1, -0.05) is 0 Å². The van der Waals surface area contributed by atoms with Gasteiger partial charge in [-0.25, -0.2) is 4.39 Å². The first kappa shape index (κ1) is 13.0. The number of hydrogen-bond donors (Lipinski definition) is 0.